The minimum Gasteiger partial charge on any atom is -0.477 e. The van der Waals surface area contributed by atoms with Crippen LogP contribution in [0.2, 0.25) is 0 Å². The molecular weight excluding hydrogens is 1860 g/mol. The quantitative estimate of drug-likeness (QED) is 0.0117. The molecule has 10 nitrogen and oxygen atoms in total. The van der Waals surface area contributed by atoms with Crippen molar-refractivity contribution in [2.45, 2.75) is 285 Å². The number of rotatable bonds is 46. The van der Waals surface area contributed by atoms with E-state index in [0.717, 1.165) is 340 Å². The Hall–Kier alpha value is -12.8. The number of ketones is 2. The number of aryl methyl sites for hydroxylation is 4. The van der Waals surface area contributed by atoms with Gasteiger partial charge in [0.05, 0.1) is 65.4 Å². The lowest BCUT2D eigenvalue weighted by molar-refractivity contribution is 0.103. The number of carbonyl (C=O) groups excluding carboxylic acids is 2. The second-order valence-electron chi connectivity index (χ2n) is 41.9. The van der Waals surface area contributed by atoms with Crippen LogP contribution in [0, 0.1) is 57.2 Å². The summed E-state index contributed by atoms with van der Waals surface area (Å²) >= 11 is 7.11. The Balaban J connectivity index is 0.915. The van der Waals surface area contributed by atoms with Crippen LogP contribution in [0.4, 0.5) is 0 Å². The number of benzene rings is 11. The van der Waals surface area contributed by atoms with E-state index in [1.807, 2.05) is 83.4 Å². The molecule has 6 heterocycles. The van der Waals surface area contributed by atoms with E-state index in [-0.39, 0.29) is 34.5 Å². The first kappa shape index (κ1) is 99.2. The van der Waals surface area contributed by atoms with Gasteiger partial charge in [0.15, 0.2) is 11.6 Å². The Labute approximate surface area is 876 Å². The molecule has 0 saturated heterocycles. The van der Waals surface area contributed by atoms with Crippen molar-refractivity contribution in [1.29, 1.82) is 21.0 Å². The topological polar surface area (TPSA) is 174 Å². The number of nitriles is 4. The number of pyridine rings is 2. The SMILES string of the molecule is CCCCCCc1ccc(C2(c3ccc(CCCCCC)cc3)c3cc(/C=C4\C(=O)c5ccccc5C4=C(C#N)C#N)sc3-c3sc4c(c32)c2ccc3nc(OCC(CCCC)CCCCC)c5c6sc7c(c6c6ccc8nc(OCC(CCCC)CCCCC)c4c4c8c6c5c3c24)C(c2ccc(CCCCCC)cc2)(c2ccc(CCCCCC)cc2)c2cc(/C=C3\C(=O)c4ccccc4C3=C(C#N)C#N)sc2-7)cc1. The van der Waals surface area contributed by atoms with Crippen LogP contribution in [0.25, 0.3) is 128 Å². The van der Waals surface area contributed by atoms with Gasteiger partial charge in [-0.05, 0) is 214 Å². The maximum absolute atomic E-state index is 15.3. The molecule has 0 aliphatic heterocycles. The molecule has 2 unspecified atom stereocenters. The van der Waals surface area contributed by atoms with Crippen LogP contribution in [0.1, 0.15) is 356 Å². The van der Waals surface area contributed by atoms with Gasteiger partial charge in [-0.25, -0.2) is 9.97 Å². The molecule has 4 aliphatic rings. The summed E-state index contributed by atoms with van der Waals surface area (Å²) in [5.74, 6) is 1.40. The number of aromatic nitrogens is 2. The maximum Gasteiger partial charge on any atom is 0.223 e. The fourth-order valence-corrected chi connectivity index (χ4v) is 30.7. The van der Waals surface area contributed by atoms with Gasteiger partial charge in [0.25, 0.3) is 0 Å². The average Bonchev–Trinajstić information content (AvgIpc) is 1.44. The fraction of sp³-hybridized carbons (Fsp3) is 0.364. The zero-order chi connectivity index (χ0) is 100. The van der Waals surface area contributed by atoms with Gasteiger partial charge >= 0.3 is 0 Å². The van der Waals surface area contributed by atoms with Gasteiger partial charge in [0.2, 0.25) is 11.8 Å². The molecule has 17 aromatic rings. The van der Waals surface area contributed by atoms with Crippen LogP contribution < -0.4 is 9.47 Å². The van der Waals surface area contributed by atoms with E-state index in [9.17, 15) is 21.0 Å². The molecule has 21 rings (SSSR count). The van der Waals surface area contributed by atoms with Crippen molar-refractivity contribution in [2.24, 2.45) is 11.8 Å². The summed E-state index contributed by atoms with van der Waals surface area (Å²) in [4.78, 5) is 49.3. The van der Waals surface area contributed by atoms with Crippen molar-refractivity contribution in [1.82, 2.24) is 9.97 Å². The van der Waals surface area contributed by atoms with Gasteiger partial charge in [-0.2, -0.15) is 21.0 Å². The molecule has 2 atom stereocenters. The van der Waals surface area contributed by atoms with E-state index in [4.69, 9.17) is 19.4 Å². The first-order chi connectivity index (χ1) is 71.8. The number of carbonyl (C=O) groups is 2. The maximum atomic E-state index is 15.3. The van der Waals surface area contributed by atoms with E-state index in [0.29, 0.717) is 69.5 Å². The molecule has 0 radical (unpaired) electrons. The number of thiophene rings is 4. The Morgan fingerprint density at radius 1 is 0.329 bits per heavy atom. The summed E-state index contributed by atoms with van der Waals surface area (Å²) in [6, 6.07) is 76.6. The Morgan fingerprint density at radius 2 is 0.644 bits per heavy atom. The molecule has 0 N–H and O–H groups in total. The highest BCUT2D eigenvalue weighted by Crippen LogP contribution is 2.70. The first-order valence-electron chi connectivity index (χ1n) is 54.9. The fourth-order valence-electron chi connectivity index (χ4n) is 25.2. The predicted molar refractivity (Wildman–Crippen MR) is 612 cm³/mol. The Bertz CT molecular complexity index is 7520. The van der Waals surface area contributed by atoms with Crippen LogP contribution in [0.5, 0.6) is 11.8 Å². The molecule has 736 valence electrons. The monoisotopic (exact) mass is 1990 g/mol. The van der Waals surface area contributed by atoms with Crippen molar-refractivity contribution in [3.63, 3.8) is 0 Å². The summed E-state index contributed by atoms with van der Waals surface area (Å²) in [5.41, 5.74) is 17.5. The van der Waals surface area contributed by atoms with Gasteiger partial charge in [-0.1, -0.05) is 354 Å². The summed E-state index contributed by atoms with van der Waals surface area (Å²) in [7, 11) is 0. The normalized spacial score (nSPS) is 14.8. The van der Waals surface area contributed by atoms with Crippen molar-refractivity contribution in [3.05, 3.63) is 303 Å². The van der Waals surface area contributed by atoms with Crippen molar-refractivity contribution in [3.8, 4) is 55.5 Å². The highest BCUT2D eigenvalue weighted by atomic mass is 32.1. The number of allylic oxidation sites excluding steroid dienone is 6. The molecule has 11 aromatic carbocycles. The number of fused-ring (bicyclic) bond motifs is 16. The van der Waals surface area contributed by atoms with Gasteiger partial charge in [0, 0.05) is 95.7 Å². The molecule has 0 spiro atoms. The largest absolute Gasteiger partial charge is 0.477 e. The van der Waals surface area contributed by atoms with Crippen LogP contribution >= 0.6 is 45.3 Å². The van der Waals surface area contributed by atoms with E-state index in [1.54, 1.807) is 22.7 Å². The lowest BCUT2D eigenvalue weighted by Crippen LogP contribution is -2.28. The molecule has 0 amide bonds. The lowest BCUT2D eigenvalue weighted by Gasteiger charge is -2.34. The number of Topliss-reactive ketones (excluding diaryl/α,β-unsaturated/α-hetero) is 2. The molecule has 14 heteroatoms. The van der Waals surface area contributed by atoms with Crippen LogP contribution in [-0.2, 0) is 36.5 Å². The van der Waals surface area contributed by atoms with Crippen LogP contribution in [0.3, 0.4) is 0 Å². The van der Waals surface area contributed by atoms with Crippen molar-refractivity contribution in [2.75, 3.05) is 13.2 Å². The van der Waals surface area contributed by atoms with Gasteiger partial charge in [-0.15, -0.1) is 45.3 Å². The average molecular weight is 1990 g/mol. The third-order valence-electron chi connectivity index (χ3n) is 32.5. The van der Waals surface area contributed by atoms with Crippen LogP contribution in [0.15, 0.2) is 204 Å². The standard InChI is InChI=1S/C132H130N6O4S4/c1-9-17-25-31-41-81-51-59-89(60-52-81)131(90-61-53-82(54-62-90)42-32-26-18-10-2)103-73-93(71-101-107(87(75-133)76-134)95-47-35-37-49-97(95)121(101)139)143-123(103)127-119(131)111-99-67-69-105-113-109(99)115-114-106(137-129(117(115)125(111)145-127)141-79-85(39-23-15-7)45-29-21-13-5)70-68-100-110(114)116(113)118(130(138-105)142-80-86(40-24-16-8)46-30-22-14-6)126-112(100)120-128(146-126)124-104(74-94(144-124)72-102-108(88(77-135)78-136)96-48-36-38-50-98(96)122(102)140)132(120,91-63-55-83(56-64-91)43-33-27-19-11-3)92-65-57-84(58-66-92)44-34-28-20-12-4/h35-38,47-74,85-86H,9-34,39-46,79-80H2,1-8H3/b101-71-,102-72-. The van der Waals surface area contributed by atoms with Gasteiger partial charge in [-0.3, -0.25) is 9.59 Å². The van der Waals surface area contributed by atoms with E-state index >= 15 is 9.59 Å². The lowest BCUT2D eigenvalue weighted by atomic mass is 9.66. The summed E-state index contributed by atoms with van der Waals surface area (Å²) < 4.78 is 18.1. The highest BCUT2D eigenvalue weighted by Gasteiger charge is 2.54. The molecule has 146 heavy (non-hydrogen) atoms. The zero-order valence-corrected chi connectivity index (χ0v) is 89.3. The number of unbranched alkanes of at least 4 members (excludes halogenated alkanes) is 18. The number of hydrogen-bond donors (Lipinski definition) is 0. The Morgan fingerprint density at radius 3 is 0.966 bits per heavy atom. The minimum atomic E-state index is -0.995. The second kappa shape index (κ2) is 43.3. The number of nitrogens with zero attached hydrogens (tertiary/aromatic N) is 6. The van der Waals surface area contributed by atoms with Gasteiger partial charge in [0.1, 0.15) is 35.4 Å². The highest BCUT2D eigenvalue weighted by molar-refractivity contribution is 7.28. The van der Waals surface area contributed by atoms with E-state index in [2.05, 4.69) is 213 Å². The van der Waals surface area contributed by atoms with E-state index in [1.165, 1.54) is 59.1 Å². The smallest absolute Gasteiger partial charge is 0.223 e. The number of ether oxygens (including phenoxy) is 2. The van der Waals surface area contributed by atoms with E-state index < -0.39 is 10.8 Å². The summed E-state index contributed by atoms with van der Waals surface area (Å²) in [6.45, 7) is 19.3. The third-order valence-corrected chi connectivity index (χ3v) is 37.5. The van der Waals surface area contributed by atoms with Gasteiger partial charge < -0.3 is 9.47 Å². The third kappa shape index (κ3) is 17.2. The molecule has 4 aliphatic carbocycles. The van der Waals surface area contributed by atoms with Crippen molar-refractivity contribution < 1.29 is 19.1 Å². The predicted octanol–water partition coefficient (Wildman–Crippen LogP) is 37.2. The first-order valence-corrected chi connectivity index (χ1v) is 58.2. The van der Waals surface area contributed by atoms with Crippen molar-refractivity contribution >= 4 is 165 Å². The molecule has 0 bridgehead atoms. The molecule has 0 saturated carbocycles. The Kier molecular flexibility index (Phi) is 29.5. The minimum absolute atomic E-state index is 0.0934. The van der Waals surface area contributed by atoms with Crippen LogP contribution in [-0.4, -0.2) is 34.7 Å². The molecule has 0 fully saturated rings. The number of hydrogen-bond acceptors (Lipinski definition) is 14. The summed E-state index contributed by atoms with van der Waals surface area (Å²) in [5, 5.41) is 56.6. The molecule has 6 aromatic heterocycles. The zero-order valence-electron chi connectivity index (χ0n) is 86.0. The summed E-state index contributed by atoms with van der Waals surface area (Å²) in [6.07, 6.45) is 41.6. The molecular formula is C132H130N6O4S4. The second-order valence-corrected chi connectivity index (χ2v) is 46.1.